The molecule has 9 nitrogen and oxygen atoms in total. The highest BCUT2D eigenvalue weighted by Crippen LogP contribution is 2.33. The minimum absolute atomic E-state index is 0.129. The molecule has 0 unspecified atom stereocenters. The molecular formula is C22H21N5O4. The van der Waals surface area contributed by atoms with E-state index < -0.39 is 0 Å². The molecule has 0 saturated carbocycles. The van der Waals surface area contributed by atoms with E-state index in [-0.39, 0.29) is 12.0 Å². The third kappa shape index (κ3) is 4.00. The summed E-state index contributed by atoms with van der Waals surface area (Å²) >= 11 is 0. The van der Waals surface area contributed by atoms with E-state index in [1.807, 2.05) is 12.1 Å². The molecule has 0 bridgehead atoms. The van der Waals surface area contributed by atoms with Gasteiger partial charge in [-0.25, -0.2) is 4.98 Å². The number of methoxy groups -OCH3 is 2. The average molecular weight is 419 g/mol. The Hall–Kier alpha value is -4.06. The number of benzene rings is 1. The second kappa shape index (κ2) is 8.36. The molecule has 0 spiro atoms. The van der Waals surface area contributed by atoms with Crippen LogP contribution in [0.15, 0.2) is 42.6 Å². The first-order valence-electron chi connectivity index (χ1n) is 9.61. The van der Waals surface area contributed by atoms with Crippen LogP contribution in [0.2, 0.25) is 0 Å². The van der Waals surface area contributed by atoms with Gasteiger partial charge >= 0.3 is 0 Å². The maximum absolute atomic E-state index is 13.0. The number of hydrogen-bond acceptors (Lipinski definition) is 7. The molecule has 0 aliphatic carbocycles. The number of amides is 1. The maximum Gasteiger partial charge on any atom is 0.272 e. The van der Waals surface area contributed by atoms with Gasteiger partial charge in [0.2, 0.25) is 5.88 Å². The summed E-state index contributed by atoms with van der Waals surface area (Å²) in [6, 6.07) is 12.5. The van der Waals surface area contributed by atoms with Crippen LogP contribution in [0.25, 0.3) is 11.3 Å². The quantitative estimate of drug-likeness (QED) is 0.604. The van der Waals surface area contributed by atoms with E-state index in [0.717, 1.165) is 5.56 Å². The van der Waals surface area contributed by atoms with Crippen molar-refractivity contribution in [1.82, 2.24) is 19.7 Å². The van der Waals surface area contributed by atoms with Crippen molar-refractivity contribution in [3.05, 3.63) is 53.9 Å². The van der Waals surface area contributed by atoms with Gasteiger partial charge in [0.1, 0.15) is 29.4 Å². The zero-order valence-electron chi connectivity index (χ0n) is 17.4. The van der Waals surface area contributed by atoms with Crippen LogP contribution in [0.1, 0.15) is 16.1 Å². The zero-order valence-corrected chi connectivity index (χ0v) is 17.4. The maximum atomic E-state index is 13.0. The van der Waals surface area contributed by atoms with E-state index in [2.05, 4.69) is 10.1 Å². The standard InChI is InChI=1S/C22H21N5O4/c1-26-19(9-18(25-26)17-8-15(29-2)5-6-20(17)30-3)22(28)27-12-16(13-27)31-21-7-4-14(10-23)11-24-21/h4-9,11,16H,12-13H2,1-3H3. The Labute approximate surface area is 179 Å². The second-order valence-corrected chi connectivity index (χ2v) is 7.05. The fourth-order valence-corrected chi connectivity index (χ4v) is 3.34. The van der Waals surface area contributed by atoms with Crippen LogP contribution >= 0.6 is 0 Å². The molecule has 0 N–H and O–H groups in total. The first kappa shape index (κ1) is 20.2. The van der Waals surface area contributed by atoms with Crippen LogP contribution in [0.4, 0.5) is 0 Å². The van der Waals surface area contributed by atoms with Crippen molar-refractivity contribution < 1.29 is 19.0 Å². The topological polar surface area (TPSA) is 102 Å². The van der Waals surface area contributed by atoms with Crippen molar-refractivity contribution >= 4 is 5.91 Å². The van der Waals surface area contributed by atoms with Gasteiger partial charge in [-0.05, 0) is 30.3 Å². The fourth-order valence-electron chi connectivity index (χ4n) is 3.34. The van der Waals surface area contributed by atoms with Crippen LogP contribution < -0.4 is 14.2 Å². The van der Waals surface area contributed by atoms with Crippen molar-refractivity contribution in [2.45, 2.75) is 6.10 Å². The third-order valence-corrected chi connectivity index (χ3v) is 5.07. The van der Waals surface area contributed by atoms with Crippen molar-refractivity contribution in [2.24, 2.45) is 7.05 Å². The number of carbonyl (C=O) groups is 1. The summed E-state index contributed by atoms with van der Waals surface area (Å²) in [6.07, 6.45) is 1.32. The Morgan fingerprint density at radius 2 is 1.97 bits per heavy atom. The lowest BCUT2D eigenvalue weighted by atomic mass is 10.1. The van der Waals surface area contributed by atoms with E-state index in [1.54, 1.807) is 61.2 Å². The number of pyridine rings is 1. The SMILES string of the molecule is COc1ccc(OC)c(-c2cc(C(=O)N3CC(Oc4ccc(C#N)cn4)C3)n(C)n2)c1. The number of nitriles is 1. The molecule has 1 amide bonds. The van der Waals surface area contributed by atoms with Gasteiger partial charge < -0.3 is 19.1 Å². The number of carbonyl (C=O) groups excluding carboxylic acids is 1. The smallest absolute Gasteiger partial charge is 0.272 e. The Morgan fingerprint density at radius 1 is 1.16 bits per heavy atom. The minimum Gasteiger partial charge on any atom is -0.497 e. The summed E-state index contributed by atoms with van der Waals surface area (Å²) in [5, 5.41) is 13.3. The van der Waals surface area contributed by atoms with E-state index in [4.69, 9.17) is 19.5 Å². The Kier molecular flexibility index (Phi) is 5.45. The van der Waals surface area contributed by atoms with Crippen LogP contribution in [0, 0.1) is 11.3 Å². The Balaban J connectivity index is 1.45. The van der Waals surface area contributed by atoms with Gasteiger partial charge in [0.05, 0.1) is 38.6 Å². The van der Waals surface area contributed by atoms with Gasteiger partial charge in [-0.3, -0.25) is 9.48 Å². The van der Waals surface area contributed by atoms with Crippen LogP contribution in [0.3, 0.4) is 0 Å². The summed E-state index contributed by atoms with van der Waals surface area (Å²) in [7, 11) is 4.91. The summed E-state index contributed by atoms with van der Waals surface area (Å²) in [5.74, 6) is 1.62. The van der Waals surface area contributed by atoms with E-state index >= 15 is 0 Å². The monoisotopic (exact) mass is 419 g/mol. The molecule has 1 saturated heterocycles. The average Bonchev–Trinajstić information content (AvgIpc) is 3.16. The predicted octanol–water partition coefficient (Wildman–Crippen LogP) is 2.27. The molecule has 1 fully saturated rings. The number of ether oxygens (including phenoxy) is 3. The number of likely N-dealkylation sites (tertiary alicyclic amines) is 1. The second-order valence-electron chi connectivity index (χ2n) is 7.05. The van der Waals surface area contributed by atoms with E-state index in [9.17, 15) is 4.79 Å². The zero-order chi connectivity index (χ0) is 22.0. The summed E-state index contributed by atoms with van der Waals surface area (Å²) in [4.78, 5) is 18.7. The number of hydrogen-bond donors (Lipinski definition) is 0. The molecule has 158 valence electrons. The van der Waals surface area contributed by atoms with Crippen molar-refractivity contribution in [1.29, 1.82) is 5.26 Å². The highest BCUT2D eigenvalue weighted by atomic mass is 16.5. The molecule has 3 aromatic rings. The van der Waals surface area contributed by atoms with Crippen LogP contribution in [-0.2, 0) is 7.05 Å². The lowest BCUT2D eigenvalue weighted by Gasteiger charge is -2.38. The predicted molar refractivity (Wildman–Crippen MR) is 111 cm³/mol. The van der Waals surface area contributed by atoms with Gasteiger partial charge in [-0.1, -0.05) is 0 Å². The summed E-state index contributed by atoms with van der Waals surface area (Å²) < 4.78 is 18.1. The molecule has 9 heteroatoms. The molecular weight excluding hydrogens is 398 g/mol. The first-order valence-corrected chi connectivity index (χ1v) is 9.61. The molecule has 31 heavy (non-hydrogen) atoms. The van der Waals surface area contributed by atoms with E-state index in [0.29, 0.717) is 47.4 Å². The normalized spacial score (nSPS) is 13.3. The Bertz CT molecular complexity index is 1140. The molecule has 4 rings (SSSR count). The summed E-state index contributed by atoms with van der Waals surface area (Å²) in [6.45, 7) is 0.896. The van der Waals surface area contributed by atoms with Gasteiger partial charge in [0.25, 0.3) is 5.91 Å². The third-order valence-electron chi connectivity index (χ3n) is 5.07. The number of rotatable bonds is 6. The highest BCUT2D eigenvalue weighted by molar-refractivity contribution is 5.94. The number of aromatic nitrogens is 3. The van der Waals surface area contributed by atoms with Crippen molar-refractivity contribution in [3.63, 3.8) is 0 Å². The molecule has 0 atom stereocenters. The van der Waals surface area contributed by atoms with Crippen LogP contribution in [-0.4, -0.2) is 59.0 Å². The first-order chi connectivity index (χ1) is 15.0. The minimum atomic E-state index is -0.143. The molecule has 0 radical (unpaired) electrons. The highest BCUT2D eigenvalue weighted by Gasteiger charge is 2.34. The summed E-state index contributed by atoms with van der Waals surface area (Å²) in [5.41, 5.74) is 2.30. The lowest BCUT2D eigenvalue weighted by molar-refractivity contribution is 0.0152. The molecule has 1 aromatic carbocycles. The van der Waals surface area contributed by atoms with Gasteiger partial charge in [-0.2, -0.15) is 10.4 Å². The van der Waals surface area contributed by atoms with Gasteiger partial charge in [0.15, 0.2) is 0 Å². The van der Waals surface area contributed by atoms with E-state index in [1.165, 1.54) is 6.20 Å². The van der Waals surface area contributed by atoms with Crippen molar-refractivity contribution in [2.75, 3.05) is 27.3 Å². The molecule has 1 aliphatic rings. The largest absolute Gasteiger partial charge is 0.497 e. The number of aryl methyl sites for hydroxylation is 1. The lowest BCUT2D eigenvalue weighted by Crippen LogP contribution is -2.56. The molecule has 2 aromatic heterocycles. The van der Waals surface area contributed by atoms with Gasteiger partial charge in [0, 0.05) is 24.9 Å². The van der Waals surface area contributed by atoms with Crippen LogP contribution in [0.5, 0.6) is 17.4 Å². The van der Waals surface area contributed by atoms with Gasteiger partial charge in [-0.15, -0.1) is 0 Å². The Morgan fingerprint density at radius 3 is 2.61 bits per heavy atom. The number of nitrogens with zero attached hydrogens (tertiary/aromatic N) is 5. The van der Waals surface area contributed by atoms with Crippen molar-refractivity contribution in [3.8, 4) is 34.7 Å². The molecule has 1 aliphatic heterocycles. The molecule has 3 heterocycles. The fraction of sp³-hybridized carbons (Fsp3) is 0.273.